The van der Waals surface area contributed by atoms with Crippen LogP contribution in [0.3, 0.4) is 0 Å². The molecule has 0 fully saturated rings. The number of aliphatic carboxylic acids is 1. The number of amides is 1. The van der Waals surface area contributed by atoms with Gasteiger partial charge in [0.25, 0.3) is 5.91 Å². The van der Waals surface area contributed by atoms with E-state index < -0.39 is 23.4 Å². The van der Waals surface area contributed by atoms with Crippen molar-refractivity contribution in [1.29, 1.82) is 0 Å². The quantitative estimate of drug-likeness (QED) is 0.509. The van der Waals surface area contributed by atoms with Crippen LogP contribution in [-0.4, -0.2) is 40.7 Å². The summed E-state index contributed by atoms with van der Waals surface area (Å²) in [6.45, 7) is 6.10. The summed E-state index contributed by atoms with van der Waals surface area (Å²) in [4.78, 5) is 40.3. The van der Waals surface area contributed by atoms with E-state index in [1.807, 2.05) is 32.9 Å². The molecular formula is C29H29NO6. The molecule has 1 aliphatic rings. The molecule has 0 radical (unpaired) electrons. The van der Waals surface area contributed by atoms with Crippen molar-refractivity contribution < 1.29 is 29.3 Å². The summed E-state index contributed by atoms with van der Waals surface area (Å²) >= 11 is 0. The second kappa shape index (κ2) is 9.15. The van der Waals surface area contributed by atoms with Crippen molar-refractivity contribution in [3.8, 4) is 5.75 Å². The molecule has 1 atom stereocenters. The van der Waals surface area contributed by atoms with E-state index in [1.54, 1.807) is 42.5 Å². The summed E-state index contributed by atoms with van der Waals surface area (Å²) in [5.41, 5.74) is 0.555. The molecule has 0 aliphatic carbocycles. The predicted octanol–water partition coefficient (Wildman–Crippen LogP) is 4.96. The monoisotopic (exact) mass is 487 g/mol. The largest absolute Gasteiger partial charge is 0.496 e. The number of rotatable bonds is 6. The Bertz CT molecular complexity index is 1340. The van der Waals surface area contributed by atoms with Gasteiger partial charge in [-0.15, -0.1) is 0 Å². The number of aromatic carboxylic acids is 1. The Labute approximate surface area is 210 Å². The zero-order chi connectivity index (χ0) is 26.3. The van der Waals surface area contributed by atoms with Crippen molar-refractivity contribution >= 4 is 23.5 Å². The van der Waals surface area contributed by atoms with Crippen LogP contribution in [-0.2, 0) is 23.1 Å². The number of carboxylic acids is 2. The summed E-state index contributed by atoms with van der Waals surface area (Å²) < 4.78 is 5.58. The van der Waals surface area contributed by atoms with Gasteiger partial charge in [-0.2, -0.15) is 0 Å². The topological polar surface area (TPSA) is 104 Å². The summed E-state index contributed by atoms with van der Waals surface area (Å²) in [5, 5.41) is 20.4. The fourth-order valence-electron chi connectivity index (χ4n) is 4.97. The summed E-state index contributed by atoms with van der Waals surface area (Å²) in [6.07, 6.45) is -0.113. The fraction of sp³-hybridized carbons (Fsp3) is 0.276. The van der Waals surface area contributed by atoms with Crippen molar-refractivity contribution in [3.63, 3.8) is 0 Å². The van der Waals surface area contributed by atoms with Gasteiger partial charge >= 0.3 is 11.9 Å². The molecular weight excluding hydrogens is 458 g/mol. The molecule has 3 aromatic rings. The molecule has 186 valence electrons. The maximum Gasteiger partial charge on any atom is 0.336 e. The highest BCUT2D eigenvalue weighted by Gasteiger charge is 2.54. The highest BCUT2D eigenvalue weighted by molar-refractivity contribution is 6.13. The normalized spacial score (nSPS) is 16.9. The number of carboxylic acid groups (broad SMARTS) is 2. The van der Waals surface area contributed by atoms with Gasteiger partial charge in [0.2, 0.25) is 0 Å². The second-order valence-electron chi connectivity index (χ2n) is 10.1. The van der Waals surface area contributed by atoms with Gasteiger partial charge in [0.15, 0.2) is 5.54 Å². The molecule has 0 bridgehead atoms. The molecule has 7 nitrogen and oxygen atoms in total. The highest BCUT2D eigenvalue weighted by Crippen LogP contribution is 2.44. The zero-order valence-electron chi connectivity index (χ0n) is 20.7. The van der Waals surface area contributed by atoms with Gasteiger partial charge in [-0.05, 0) is 46.4 Å². The van der Waals surface area contributed by atoms with Gasteiger partial charge in [0.05, 0.1) is 12.7 Å². The van der Waals surface area contributed by atoms with E-state index in [2.05, 4.69) is 0 Å². The van der Waals surface area contributed by atoms with Crippen LogP contribution in [0.4, 0.5) is 5.69 Å². The molecule has 4 rings (SSSR count). The summed E-state index contributed by atoms with van der Waals surface area (Å²) in [5.74, 6) is -2.38. The number of ether oxygens (including phenoxy) is 1. The molecule has 1 unspecified atom stereocenters. The molecule has 36 heavy (non-hydrogen) atoms. The lowest BCUT2D eigenvalue weighted by atomic mass is 9.84. The van der Waals surface area contributed by atoms with Gasteiger partial charge < -0.3 is 14.9 Å². The number of anilines is 1. The number of fused-ring (bicyclic) bond motifs is 1. The number of hydrogen-bond donors (Lipinski definition) is 2. The lowest BCUT2D eigenvalue weighted by Crippen LogP contribution is -2.57. The average Bonchev–Trinajstić information content (AvgIpc) is 3.18. The number of carbonyl (C=O) groups is 3. The van der Waals surface area contributed by atoms with E-state index in [9.17, 15) is 24.6 Å². The average molecular weight is 488 g/mol. The third-order valence-corrected chi connectivity index (χ3v) is 6.72. The van der Waals surface area contributed by atoms with Crippen molar-refractivity contribution in [2.75, 3.05) is 12.0 Å². The number of nitrogens with zero attached hydrogens (tertiary/aromatic N) is 1. The van der Waals surface area contributed by atoms with Crippen LogP contribution >= 0.6 is 0 Å². The Kier molecular flexibility index (Phi) is 6.35. The first-order valence-corrected chi connectivity index (χ1v) is 11.6. The number of hydrogen-bond acceptors (Lipinski definition) is 4. The maximum absolute atomic E-state index is 14.1. The third-order valence-electron chi connectivity index (χ3n) is 6.72. The molecule has 0 spiro atoms. The molecule has 0 saturated heterocycles. The smallest absolute Gasteiger partial charge is 0.336 e. The van der Waals surface area contributed by atoms with Crippen LogP contribution in [0.15, 0.2) is 66.7 Å². The van der Waals surface area contributed by atoms with E-state index in [4.69, 9.17) is 4.74 Å². The highest BCUT2D eigenvalue weighted by atomic mass is 16.5. The van der Waals surface area contributed by atoms with Crippen molar-refractivity contribution in [3.05, 3.63) is 94.5 Å². The standard InChI is InChI=1S/C29H29NO6/c1-28(2,3)22-14-13-19(15-24(22)36-4)25(31)30-23-12-8-11-20(26(32)33)21(23)17-29(30,27(34)35)16-18-9-6-5-7-10-18/h5-15H,16-17H2,1-4H3,(H,32,33)(H,34,35). The summed E-state index contributed by atoms with van der Waals surface area (Å²) in [6, 6.07) is 18.7. The molecule has 1 heterocycles. The third kappa shape index (κ3) is 4.21. The van der Waals surface area contributed by atoms with Gasteiger partial charge in [0.1, 0.15) is 5.75 Å². The second-order valence-corrected chi connectivity index (χ2v) is 10.1. The Balaban J connectivity index is 1.92. The first-order chi connectivity index (χ1) is 17.0. The minimum atomic E-state index is -1.71. The molecule has 7 heteroatoms. The van der Waals surface area contributed by atoms with Gasteiger partial charge in [0, 0.05) is 24.1 Å². The Morgan fingerprint density at radius 2 is 1.67 bits per heavy atom. The van der Waals surface area contributed by atoms with Crippen molar-refractivity contribution in [2.45, 2.75) is 44.6 Å². The zero-order valence-corrected chi connectivity index (χ0v) is 20.7. The van der Waals surface area contributed by atoms with Crippen LogP contribution in [0, 0.1) is 0 Å². The number of methoxy groups -OCH3 is 1. The van der Waals surface area contributed by atoms with Gasteiger partial charge in [-0.1, -0.05) is 63.2 Å². The van der Waals surface area contributed by atoms with E-state index in [-0.39, 0.29) is 35.1 Å². The fourth-order valence-corrected chi connectivity index (χ4v) is 4.97. The van der Waals surface area contributed by atoms with E-state index >= 15 is 0 Å². The summed E-state index contributed by atoms with van der Waals surface area (Å²) in [7, 11) is 1.53. The first-order valence-electron chi connectivity index (χ1n) is 11.6. The Morgan fingerprint density at radius 3 is 2.25 bits per heavy atom. The molecule has 0 aromatic heterocycles. The SMILES string of the molecule is COc1cc(C(=O)N2c3cccc(C(=O)O)c3CC2(Cc2ccccc2)C(=O)O)ccc1C(C)(C)C. The van der Waals surface area contributed by atoms with E-state index in [0.29, 0.717) is 11.3 Å². The minimum absolute atomic E-state index is 0.0119. The van der Waals surface area contributed by atoms with Crippen LogP contribution < -0.4 is 9.64 Å². The molecule has 2 N–H and O–H groups in total. The minimum Gasteiger partial charge on any atom is -0.496 e. The lowest BCUT2D eigenvalue weighted by Gasteiger charge is -2.35. The number of benzene rings is 3. The van der Waals surface area contributed by atoms with Crippen molar-refractivity contribution in [2.24, 2.45) is 0 Å². The van der Waals surface area contributed by atoms with Crippen LogP contribution in [0.2, 0.25) is 0 Å². The molecule has 0 saturated carbocycles. The molecule has 3 aromatic carbocycles. The van der Waals surface area contributed by atoms with Crippen LogP contribution in [0.1, 0.15) is 58.2 Å². The Morgan fingerprint density at radius 1 is 0.972 bits per heavy atom. The first kappa shape index (κ1) is 25.0. The van der Waals surface area contributed by atoms with Gasteiger partial charge in [-0.3, -0.25) is 9.69 Å². The molecule has 1 amide bonds. The Hall–Kier alpha value is -4.13. The lowest BCUT2D eigenvalue weighted by molar-refractivity contribution is -0.143. The number of carbonyl (C=O) groups excluding carboxylic acids is 1. The van der Waals surface area contributed by atoms with E-state index in [1.165, 1.54) is 24.1 Å². The predicted molar refractivity (Wildman–Crippen MR) is 136 cm³/mol. The van der Waals surface area contributed by atoms with E-state index in [0.717, 1.165) is 11.1 Å². The molecule has 1 aliphatic heterocycles. The maximum atomic E-state index is 14.1. The van der Waals surface area contributed by atoms with Crippen LogP contribution in [0.5, 0.6) is 5.75 Å². The van der Waals surface area contributed by atoms with Crippen LogP contribution in [0.25, 0.3) is 0 Å². The van der Waals surface area contributed by atoms with Crippen molar-refractivity contribution in [1.82, 2.24) is 0 Å². The van der Waals surface area contributed by atoms with Gasteiger partial charge in [-0.25, -0.2) is 9.59 Å².